The van der Waals surface area contributed by atoms with Gasteiger partial charge in [-0.2, -0.15) is 0 Å². The third-order valence-corrected chi connectivity index (χ3v) is 7.70. The monoisotopic (exact) mass is 493 g/mol. The summed E-state index contributed by atoms with van der Waals surface area (Å²) >= 11 is 6.23. The maximum absolute atomic E-state index is 13.0. The van der Waals surface area contributed by atoms with Gasteiger partial charge in [-0.1, -0.05) is 60.1 Å². The number of rotatable bonds is 5. The van der Waals surface area contributed by atoms with E-state index in [1.54, 1.807) is 12.1 Å². The molecule has 1 aliphatic carbocycles. The number of benzene rings is 2. The molecule has 0 bridgehead atoms. The van der Waals surface area contributed by atoms with Crippen molar-refractivity contribution in [2.75, 3.05) is 13.1 Å². The molecule has 0 spiro atoms. The Morgan fingerprint density at radius 1 is 1.06 bits per heavy atom. The van der Waals surface area contributed by atoms with Crippen molar-refractivity contribution in [1.29, 1.82) is 0 Å². The lowest BCUT2D eigenvalue weighted by Crippen LogP contribution is -2.55. The van der Waals surface area contributed by atoms with Crippen LogP contribution in [0.25, 0.3) is 6.08 Å². The Labute approximate surface area is 211 Å². The molecule has 2 amide bonds. The van der Waals surface area contributed by atoms with Crippen LogP contribution >= 0.6 is 11.6 Å². The molecular weight excluding hydrogens is 462 g/mol. The minimum atomic E-state index is -0.252. The molecular formula is C28H32ClN3O3. The third kappa shape index (κ3) is 5.88. The molecule has 7 heteroatoms. The number of nitrogens with one attached hydrogen (secondary N) is 2. The number of piperidine rings is 1. The zero-order chi connectivity index (χ0) is 24.2. The molecule has 2 N–H and O–H groups in total. The number of carbonyl (C=O) groups is 2. The number of fused-ring (bicyclic) bond motifs is 1. The Hall–Kier alpha value is -2.83. The Bertz CT molecular complexity index is 1080. The highest BCUT2D eigenvalue weighted by Gasteiger charge is 2.40. The number of amides is 2. The second kappa shape index (κ2) is 10.8. The van der Waals surface area contributed by atoms with Gasteiger partial charge in [0.1, 0.15) is 6.10 Å². The first-order valence-corrected chi connectivity index (χ1v) is 12.9. The number of carbonyl (C=O) groups excluding carboxylic acids is 2. The van der Waals surface area contributed by atoms with Gasteiger partial charge in [-0.3, -0.25) is 14.5 Å². The van der Waals surface area contributed by atoms with E-state index in [1.165, 1.54) is 5.56 Å². The minimum Gasteiger partial charge on any atom is -0.483 e. The largest absolute Gasteiger partial charge is 0.483 e. The van der Waals surface area contributed by atoms with Gasteiger partial charge in [0.25, 0.3) is 5.91 Å². The molecule has 6 nitrogen and oxygen atoms in total. The van der Waals surface area contributed by atoms with Crippen LogP contribution in [0.2, 0.25) is 5.02 Å². The Kier molecular flexibility index (Phi) is 7.40. The van der Waals surface area contributed by atoms with Crippen LogP contribution in [0.1, 0.15) is 43.2 Å². The van der Waals surface area contributed by atoms with Crippen molar-refractivity contribution in [1.82, 2.24) is 15.5 Å². The molecule has 3 unspecified atom stereocenters. The quantitative estimate of drug-likeness (QED) is 0.614. The summed E-state index contributed by atoms with van der Waals surface area (Å²) in [6, 6.07) is 17.9. The zero-order valence-corrected chi connectivity index (χ0v) is 20.5. The first-order valence-electron chi connectivity index (χ1n) is 12.6. The maximum atomic E-state index is 13.0. The molecule has 3 aliphatic rings. The molecule has 0 aromatic heterocycles. The maximum Gasteiger partial charge on any atom is 0.286 e. The van der Waals surface area contributed by atoms with Crippen molar-refractivity contribution in [3.8, 4) is 0 Å². The summed E-state index contributed by atoms with van der Waals surface area (Å²) in [5, 5.41) is 6.92. The van der Waals surface area contributed by atoms with E-state index < -0.39 is 0 Å². The SMILES string of the molecule is O=C1NC2CC(C(=O)NC3CCN(Cc4ccccc4)CC3)CCC2O/C1=C\c1ccccc1Cl. The second-order valence-corrected chi connectivity index (χ2v) is 10.2. The fourth-order valence-electron chi connectivity index (χ4n) is 5.36. The fourth-order valence-corrected chi connectivity index (χ4v) is 5.55. The first-order chi connectivity index (χ1) is 17.0. The van der Waals surface area contributed by atoms with E-state index in [-0.39, 0.29) is 41.7 Å². The highest BCUT2D eigenvalue weighted by molar-refractivity contribution is 6.32. The minimum absolute atomic E-state index is 0.100. The van der Waals surface area contributed by atoms with Crippen molar-refractivity contribution in [2.24, 2.45) is 5.92 Å². The predicted molar refractivity (Wildman–Crippen MR) is 136 cm³/mol. The van der Waals surface area contributed by atoms with Gasteiger partial charge in [-0.05, 0) is 55.4 Å². The average molecular weight is 494 g/mol. The molecule has 3 atom stereocenters. The average Bonchev–Trinajstić information content (AvgIpc) is 2.87. The molecule has 2 saturated heterocycles. The van der Waals surface area contributed by atoms with E-state index >= 15 is 0 Å². The van der Waals surface area contributed by atoms with Crippen molar-refractivity contribution in [3.63, 3.8) is 0 Å². The Morgan fingerprint density at radius 2 is 1.80 bits per heavy atom. The van der Waals surface area contributed by atoms with Gasteiger partial charge in [-0.15, -0.1) is 0 Å². The lowest BCUT2D eigenvalue weighted by Gasteiger charge is -2.40. The fraction of sp³-hybridized carbons (Fsp3) is 0.429. The first kappa shape index (κ1) is 23.9. The van der Waals surface area contributed by atoms with Gasteiger partial charge in [0.2, 0.25) is 5.91 Å². The summed E-state index contributed by atoms with van der Waals surface area (Å²) < 4.78 is 6.05. The number of ether oxygens (including phenoxy) is 1. The molecule has 5 rings (SSSR count). The van der Waals surface area contributed by atoms with Crippen LogP contribution in [0.5, 0.6) is 0 Å². The standard InChI is InChI=1S/C28H32ClN3O3/c29-23-9-5-4-8-20(23)17-26-28(34)31-24-16-21(10-11-25(24)35-26)27(33)30-22-12-14-32(15-13-22)18-19-6-2-1-3-7-19/h1-9,17,21-22,24-25H,10-16,18H2,(H,30,33)(H,31,34)/b26-17-. The predicted octanol–water partition coefficient (Wildman–Crippen LogP) is 4.15. The van der Waals surface area contributed by atoms with Crippen LogP contribution in [0.3, 0.4) is 0 Å². The normalized spacial score (nSPS) is 26.5. The second-order valence-electron chi connectivity index (χ2n) is 9.82. The molecule has 2 aromatic rings. The topological polar surface area (TPSA) is 70.7 Å². The summed E-state index contributed by atoms with van der Waals surface area (Å²) in [5.74, 6) is 0.0377. The van der Waals surface area contributed by atoms with Crippen molar-refractivity contribution < 1.29 is 14.3 Å². The lowest BCUT2D eigenvalue weighted by molar-refractivity contribution is -0.135. The van der Waals surface area contributed by atoms with Gasteiger partial charge in [0.15, 0.2) is 5.76 Å². The summed E-state index contributed by atoms with van der Waals surface area (Å²) in [5.41, 5.74) is 2.08. The molecule has 2 aliphatic heterocycles. The summed E-state index contributed by atoms with van der Waals surface area (Å²) in [7, 11) is 0. The van der Waals surface area contributed by atoms with E-state index in [0.29, 0.717) is 11.4 Å². The summed E-state index contributed by atoms with van der Waals surface area (Å²) in [6.07, 6.45) is 5.60. The van der Waals surface area contributed by atoms with Crippen LogP contribution < -0.4 is 10.6 Å². The molecule has 0 radical (unpaired) electrons. The number of hydrogen-bond acceptors (Lipinski definition) is 4. The van der Waals surface area contributed by atoms with Gasteiger partial charge >= 0.3 is 0 Å². The zero-order valence-electron chi connectivity index (χ0n) is 19.8. The molecule has 2 heterocycles. The Morgan fingerprint density at radius 3 is 2.57 bits per heavy atom. The van der Waals surface area contributed by atoms with E-state index in [4.69, 9.17) is 16.3 Å². The molecule has 35 heavy (non-hydrogen) atoms. The number of morpholine rings is 1. The van der Waals surface area contributed by atoms with Gasteiger partial charge in [-0.25, -0.2) is 0 Å². The molecule has 1 saturated carbocycles. The smallest absolute Gasteiger partial charge is 0.286 e. The van der Waals surface area contributed by atoms with Crippen molar-refractivity contribution in [3.05, 3.63) is 76.5 Å². The van der Waals surface area contributed by atoms with E-state index in [0.717, 1.165) is 50.9 Å². The molecule has 3 fully saturated rings. The van der Waals surface area contributed by atoms with E-state index in [1.807, 2.05) is 24.3 Å². The number of hydrogen-bond donors (Lipinski definition) is 2. The Balaban J connectivity index is 1.10. The summed E-state index contributed by atoms with van der Waals surface area (Å²) in [6.45, 7) is 2.93. The van der Waals surface area contributed by atoms with Gasteiger partial charge in [0.05, 0.1) is 6.04 Å². The van der Waals surface area contributed by atoms with Crippen molar-refractivity contribution >= 4 is 29.5 Å². The van der Waals surface area contributed by atoms with E-state index in [9.17, 15) is 9.59 Å². The number of nitrogens with zero attached hydrogens (tertiary/aromatic N) is 1. The number of halogens is 1. The van der Waals surface area contributed by atoms with Crippen LogP contribution in [0.4, 0.5) is 0 Å². The van der Waals surface area contributed by atoms with Crippen LogP contribution in [0, 0.1) is 5.92 Å². The van der Waals surface area contributed by atoms with Crippen LogP contribution in [-0.2, 0) is 20.9 Å². The highest BCUT2D eigenvalue weighted by atomic mass is 35.5. The molecule has 2 aromatic carbocycles. The number of likely N-dealkylation sites (tertiary alicyclic amines) is 1. The summed E-state index contributed by atoms with van der Waals surface area (Å²) in [4.78, 5) is 28.2. The third-order valence-electron chi connectivity index (χ3n) is 7.35. The van der Waals surface area contributed by atoms with Crippen molar-refractivity contribution in [2.45, 2.75) is 56.8 Å². The van der Waals surface area contributed by atoms with Crippen LogP contribution in [0.15, 0.2) is 60.4 Å². The van der Waals surface area contributed by atoms with Crippen LogP contribution in [-0.4, -0.2) is 48.0 Å². The van der Waals surface area contributed by atoms with Gasteiger partial charge < -0.3 is 15.4 Å². The van der Waals surface area contributed by atoms with Gasteiger partial charge in [0, 0.05) is 36.6 Å². The highest BCUT2D eigenvalue weighted by Crippen LogP contribution is 2.32. The lowest BCUT2D eigenvalue weighted by atomic mass is 9.82. The van der Waals surface area contributed by atoms with E-state index in [2.05, 4.69) is 39.8 Å². The molecule has 184 valence electrons.